The van der Waals surface area contributed by atoms with Crippen molar-refractivity contribution in [3.05, 3.63) is 166 Å². The van der Waals surface area contributed by atoms with Gasteiger partial charge in [0, 0.05) is 112 Å². The van der Waals surface area contributed by atoms with Crippen molar-refractivity contribution in [2.24, 2.45) is 0 Å². The Morgan fingerprint density at radius 2 is 0.808 bits per heavy atom. The minimum atomic E-state index is -4.16. The number of sulfonamides is 2. The van der Waals surface area contributed by atoms with Crippen LogP contribution in [0.1, 0.15) is 64.5 Å². The topological polar surface area (TPSA) is 485 Å². The van der Waals surface area contributed by atoms with E-state index in [2.05, 4.69) is 51.8 Å². The van der Waals surface area contributed by atoms with E-state index in [1.807, 2.05) is 0 Å². The van der Waals surface area contributed by atoms with Crippen molar-refractivity contribution in [2.75, 3.05) is 117 Å². The third-order valence-corrected chi connectivity index (χ3v) is 25.9. The Kier molecular flexibility index (Phi) is 33.5. The zero-order chi connectivity index (χ0) is 86.0. The molecule has 8 heterocycles. The summed E-state index contributed by atoms with van der Waals surface area (Å²) in [6.45, 7) is 10.3. The number of fused-ring (bicyclic) bond motifs is 2. The molecule has 8 aromatic rings. The molecule has 6 aromatic heterocycles. The molecule has 2 fully saturated rings. The lowest BCUT2D eigenvalue weighted by atomic mass is 10.0. The summed E-state index contributed by atoms with van der Waals surface area (Å²) in [4.78, 5) is 148. The van der Waals surface area contributed by atoms with Gasteiger partial charge in [-0.15, -0.1) is 23.5 Å². The second kappa shape index (κ2) is 43.7. The molecule has 0 aliphatic carbocycles. The van der Waals surface area contributed by atoms with E-state index in [0.717, 1.165) is 8.61 Å². The number of aliphatic carboxylic acids is 2. The maximum absolute atomic E-state index is 13.9. The second-order valence-corrected chi connectivity index (χ2v) is 35.6. The van der Waals surface area contributed by atoms with Crippen molar-refractivity contribution >= 4 is 113 Å². The molecule has 646 valence electrons. The first kappa shape index (κ1) is 91.9. The molecular formula is C78H98N16O22S4. The quantitative estimate of drug-likeness (QED) is 0.0251. The number of ether oxygens (including phenoxy) is 6. The molecule has 120 heavy (non-hydrogen) atoms. The third-order valence-electron chi connectivity index (χ3n) is 19.3. The number of carboxylic acid groups (broad SMARTS) is 2. The van der Waals surface area contributed by atoms with E-state index in [1.54, 1.807) is 100 Å². The number of carboxylic acids is 2. The fourth-order valence-electron chi connectivity index (χ4n) is 13.1. The lowest BCUT2D eigenvalue weighted by molar-refractivity contribution is -0.142. The monoisotopic (exact) mass is 1740 g/mol. The normalized spacial score (nSPS) is 15.9. The van der Waals surface area contributed by atoms with Crippen LogP contribution in [0.4, 0.5) is 0 Å². The zero-order valence-corrected chi connectivity index (χ0v) is 69.8. The maximum atomic E-state index is 13.9. The minimum Gasteiger partial charge on any atom is -0.480 e. The summed E-state index contributed by atoms with van der Waals surface area (Å²) < 4.78 is 93.4. The van der Waals surface area contributed by atoms with Gasteiger partial charge in [-0.2, -0.15) is 8.61 Å². The molecular weight excluding hydrogens is 1640 g/mol. The predicted octanol–water partition coefficient (Wildman–Crippen LogP) is 1.61. The highest BCUT2D eigenvalue weighted by molar-refractivity contribution is 8.02. The molecule has 0 radical (unpaired) electrons. The van der Waals surface area contributed by atoms with Gasteiger partial charge in [-0.25, -0.2) is 55.1 Å². The Morgan fingerprint density at radius 1 is 0.458 bits per heavy atom. The number of rotatable bonds is 49. The van der Waals surface area contributed by atoms with Crippen molar-refractivity contribution in [3.63, 3.8) is 0 Å². The number of pyridine rings is 4. The van der Waals surface area contributed by atoms with Gasteiger partial charge in [0.1, 0.15) is 47.0 Å². The van der Waals surface area contributed by atoms with Gasteiger partial charge in [-0.3, -0.25) is 47.9 Å². The van der Waals surface area contributed by atoms with Crippen molar-refractivity contribution in [2.45, 2.75) is 123 Å². The predicted molar refractivity (Wildman–Crippen MR) is 440 cm³/mol. The molecule has 0 bridgehead atoms. The molecule has 38 nitrogen and oxygen atoms in total. The molecule has 10 rings (SSSR count). The van der Waals surface area contributed by atoms with Gasteiger partial charge in [-0.1, -0.05) is 24.3 Å². The first-order valence-electron chi connectivity index (χ1n) is 38.6. The van der Waals surface area contributed by atoms with Gasteiger partial charge < -0.3 is 70.5 Å². The average molecular weight is 1740 g/mol. The Bertz CT molecular complexity index is 4890. The number of benzene rings is 2. The summed E-state index contributed by atoms with van der Waals surface area (Å²) in [6.07, 6.45) is 9.34. The number of nitrogens with one attached hydrogen (secondary N) is 6. The molecule has 2 aromatic carbocycles. The Morgan fingerprint density at radius 3 is 1.17 bits per heavy atom. The van der Waals surface area contributed by atoms with E-state index in [4.69, 9.17) is 28.4 Å². The highest BCUT2D eigenvalue weighted by atomic mass is 32.2. The zero-order valence-electron chi connectivity index (χ0n) is 66.6. The van der Waals surface area contributed by atoms with Gasteiger partial charge in [0.25, 0.3) is 0 Å². The fourth-order valence-corrected chi connectivity index (χ4v) is 19.4. The summed E-state index contributed by atoms with van der Waals surface area (Å²) in [7, 11) is -8.32. The van der Waals surface area contributed by atoms with E-state index >= 15 is 0 Å². The van der Waals surface area contributed by atoms with Crippen LogP contribution >= 0.6 is 23.5 Å². The number of thioether (sulfide) groups is 2. The number of hydrogen-bond acceptors (Lipinski definition) is 26. The van der Waals surface area contributed by atoms with Crippen LogP contribution in [0, 0.1) is 0 Å². The van der Waals surface area contributed by atoms with E-state index in [9.17, 15) is 75.0 Å². The van der Waals surface area contributed by atoms with Crippen LogP contribution in [0.25, 0.3) is 33.7 Å². The SMILES string of the molecule is CC1(C)SCN(S(=O)(=O)c2cccnc2)[C@@H]1C(=O)N[C@@H](Cc1ccc(-n2c(=O)n(CC(=O)NCCOCCOCCC(=O)NCCCOCCOCCCNC(=O)CCOCCOCCNC(=O)Cn3c(=O)n(-c4ccc(C[C@H](NC(=O)[C@H]5N(S(=O)(=O)c6cccnc6)CSC5(C)C)C(=O)O)cc4)c4ncccc43)c3cccnc32)cc1)C(=O)O. The first-order valence-corrected chi connectivity index (χ1v) is 43.4. The highest BCUT2D eigenvalue weighted by Crippen LogP contribution is 2.44. The Balaban J connectivity index is 0.506. The van der Waals surface area contributed by atoms with Gasteiger partial charge >= 0.3 is 23.3 Å². The van der Waals surface area contributed by atoms with Crippen LogP contribution in [0.5, 0.6) is 0 Å². The third kappa shape index (κ3) is 24.7. The Hall–Kier alpha value is -10.4. The smallest absolute Gasteiger partial charge is 0.335 e. The van der Waals surface area contributed by atoms with Crippen LogP contribution in [0.2, 0.25) is 0 Å². The molecule has 4 atom stereocenters. The van der Waals surface area contributed by atoms with Crippen LogP contribution in [0.15, 0.2) is 154 Å². The second-order valence-electron chi connectivity index (χ2n) is 28.6. The molecule has 42 heteroatoms. The number of amides is 6. The summed E-state index contributed by atoms with van der Waals surface area (Å²) in [5.41, 5.74) is 1.92. The van der Waals surface area contributed by atoms with Crippen LogP contribution in [-0.4, -0.2) is 272 Å². The number of carbonyl (C=O) groups is 8. The van der Waals surface area contributed by atoms with Gasteiger partial charge in [0.05, 0.1) is 100 Å². The summed E-state index contributed by atoms with van der Waals surface area (Å²) in [6, 6.07) is 19.7. The van der Waals surface area contributed by atoms with Crippen molar-refractivity contribution in [1.82, 2.24) is 78.7 Å². The number of nitrogens with zero attached hydrogens (tertiary/aromatic N) is 10. The molecule has 2 aliphatic rings. The van der Waals surface area contributed by atoms with E-state index in [1.165, 1.54) is 103 Å². The van der Waals surface area contributed by atoms with Crippen molar-refractivity contribution in [3.8, 4) is 11.4 Å². The molecule has 0 unspecified atom stereocenters. The average Bonchev–Trinajstić information content (AvgIpc) is 1.54. The van der Waals surface area contributed by atoms with Crippen molar-refractivity contribution < 1.29 is 93.8 Å². The van der Waals surface area contributed by atoms with E-state index < -0.39 is 101 Å². The molecule has 0 saturated carbocycles. The maximum Gasteiger partial charge on any atom is 0.335 e. The fraction of sp³-hybridized carbons (Fsp3) is 0.462. The molecule has 0 spiro atoms. The van der Waals surface area contributed by atoms with Gasteiger partial charge in [0.2, 0.25) is 55.5 Å². The molecule has 6 amide bonds. The molecule has 2 aliphatic heterocycles. The van der Waals surface area contributed by atoms with E-state index in [0.29, 0.717) is 85.9 Å². The highest BCUT2D eigenvalue weighted by Gasteiger charge is 2.53. The standard InChI is InChI=1S/C78H98N16O22S4/c1-77(2)67(91(51-117-77)119(107,108)57-11-5-25-79-47-57)71(99)87-59(73(101)102)45-53-15-19-55(20-16-53)93-69-61(13-7-27-85-69)89(75(93)105)49-65(97)83-31-37-115-43-41-113-35-23-63(95)81-29-9-33-111-39-40-112-34-10-30-82-64(96)24-36-114-42-44-116-38-32-84-66(98)50-90-62-14-8-28-86-70(62)94(76(90)106)56-21-17-54(18-22-56)46-60(74(103)104)88-72(100)68-78(3,4)118-52-92(68)120(109,110)58-12-6-26-80-48-58/h5-8,11-22,25-28,47-48,59-60,67-68H,9-10,23-24,29-46,49-52H2,1-4H3,(H,81,95)(H,82,96)(H,83,97)(H,84,98)(H,87,99)(H,88,100)(H,101,102)(H,103,104)/t59-,60-,67+,68+/m0/s1. The Labute approximate surface area is 699 Å². The van der Waals surface area contributed by atoms with Crippen molar-refractivity contribution in [1.29, 1.82) is 0 Å². The lowest BCUT2D eigenvalue weighted by Gasteiger charge is -2.30. The number of aromatic nitrogens is 8. The minimum absolute atomic E-state index is 0.0324. The first-order chi connectivity index (χ1) is 57.6. The molecule has 2 saturated heterocycles. The van der Waals surface area contributed by atoms with Crippen LogP contribution < -0.4 is 43.3 Å². The summed E-state index contributed by atoms with van der Waals surface area (Å²) in [5, 5.41) is 36.6. The number of carbonyl (C=O) groups excluding carboxylic acids is 6. The van der Waals surface area contributed by atoms with Gasteiger partial charge in [0.15, 0.2) is 11.3 Å². The van der Waals surface area contributed by atoms with Crippen LogP contribution in [0.3, 0.4) is 0 Å². The summed E-state index contributed by atoms with van der Waals surface area (Å²) >= 11 is 2.50. The van der Waals surface area contributed by atoms with E-state index in [-0.39, 0.29) is 149 Å². The lowest BCUT2D eigenvalue weighted by Crippen LogP contribution is -2.56. The number of imidazole rings is 2. The number of hydrogen-bond donors (Lipinski definition) is 8. The molecule has 8 N–H and O–H groups in total. The van der Waals surface area contributed by atoms with Crippen LogP contribution in [-0.2, 0) is 113 Å². The summed E-state index contributed by atoms with van der Waals surface area (Å²) in [5.74, 6) is -5.59. The largest absolute Gasteiger partial charge is 0.480 e. The van der Waals surface area contributed by atoms with Gasteiger partial charge in [-0.05, 0) is 124 Å².